The third-order valence-corrected chi connectivity index (χ3v) is 3.47. The lowest BCUT2D eigenvalue weighted by Gasteiger charge is -2.11. The van der Waals surface area contributed by atoms with E-state index >= 15 is 0 Å². The first-order chi connectivity index (χ1) is 11.5. The van der Waals surface area contributed by atoms with Crippen molar-refractivity contribution in [3.63, 3.8) is 0 Å². The molecule has 24 heavy (non-hydrogen) atoms. The van der Waals surface area contributed by atoms with Crippen molar-refractivity contribution < 1.29 is 23.0 Å². The van der Waals surface area contributed by atoms with Crippen molar-refractivity contribution >= 4 is 33.6 Å². The second kappa shape index (κ2) is 8.44. The average molecular weight is 398 g/mol. The van der Waals surface area contributed by atoms with Crippen LogP contribution in [0.15, 0.2) is 53.0 Å². The minimum Gasteiger partial charge on any atom is -0.493 e. The SMILES string of the molecule is COc1ccc(NC(=O)C=Cc2ccc(Br)cc2)cc1OC(F)F. The molecule has 0 spiro atoms. The number of hydrogen-bond donors (Lipinski definition) is 1. The highest BCUT2D eigenvalue weighted by Gasteiger charge is 2.11. The van der Waals surface area contributed by atoms with E-state index < -0.39 is 12.5 Å². The van der Waals surface area contributed by atoms with Gasteiger partial charge >= 0.3 is 6.61 Å². The Morgan fingerprint density at radius 2 is 1.88 bits per heavy atom. The highest BCUT2D eigenvalue weighted by Crippen LogP contribution is 2.31. The van der Waals surface area contributed by atoms with E-state index in [0.717, 1.165) is 10.0 Å². The van der Waals surface area contributed by atoms with Gasteiger partial charge in [-0.25, -0.2) is 0 Å². The molecule has 126 valence electrons. The normalized spacial score (nSPS) is 10.9. The lowest BCUT2D eigenvalue weighted by Crippen LogP contribution is -2.09. The van der Waals surface area contributed by atoms with Gasteiger partial charge in [-0.3, -0.25) is 4.79 Å². The minimum absolute atomic E-state index is 0.151. The zero-order chi connectivity index (χ0) is 17.5. The lowest BCUT2D eigenvalue weighted by molar-refractivity contribution is -0.111. The monoisotopic (exact) mass is 397 g/mol. The first-order valence-corrected chi connectivity index (χ1v) is 7.64. The number of amides is 1. The maximum Gasteiger partial charge on any atom is 0.387 e. The summed E-state index contributed by atoms with van der Waals surface area (Å²) in [5.74, 6) is -0.396. The van der Waals surface area contributed by atoms with Crippen LogP contribution >= 0.6 is 15.9 Å². The van der Waals surface area contributed by atoms with Gasteiger partial charge in [0, 0.05) is 22.3 Å². The van der Waals surface area contributed by atoms with Gasteiger partial charge in [-0.2, -0.15) is 8.78 Å². The fraction of sp³-hybridized carbons (Fsp3) is 0.118. The number of alkyl halides is 2. The van der Waals surface area contributed by atoms with Crippen molar-refractivity contribution in [2.24, 2.45) is 0 Å². The molecule has 0 radical (unpaired) electrons. The van der Waals surface area contributed by atoms with Crippen LogP contribution in [-0.4, -0.2) is 19.6 Å². The zero-order valence-corrected chi connectivity index (χ0v) is 14.2. The molecule has 1 amide bonds. The first kappa shape index (κ1) is 17.9. The van der Waals surface area contributed by atoms with Crippen LogP contribution in [0.2, 0.25) is 0 Å². The summed E-state index contributed by atoms with van der Waals surface area (Å²) in [5, 5.41) is 2.57. The number of carbonyl (C=O) groups is 1. The smallest absolute Gasteiger partial charge is 0.387 e. The third-order valence-electron chi connectivity index (χ3n) is 2.94. The predicted octanol–water partition coefficient (Wildman–Crippen LogP) is 4.71. The maximum atomic E-state index is 12.4. The van der Waals surface area contributed by atoms with Gasteiger partial charge in [-0.1, -0.05) is 28.1 Å². The van der Waals surface area contributed by atoms with Crippen molar-refractivity contribution in [3.8, 4) is 11.5 Å². The Morgan fingerprint density at radius 3 is 2.50 bits per heavy atom. The molecule has 0 unspecified atom stereocenters. The Kier molecular flexibility index (Phi) is 6.31. The highest BCUT2D eigenvalue weighted by molar-refractivity contribution is 9.10. The second-order valence-electron chi connectivity index (χ2n) is 4.62. The number of carbonyl (C=O) groups excluding carboxylic acids is 1. The van der Waals surface area contributed by atoms with E-state index in [1.165, 1.54) is 31.4 Å². The van der Waals surface area contributed by atoms with Crippen LogP contribution in [0.4, 0.5) is 14.5 Å². The fourth-order valence-corrected chi connectivity index (χ4v) is 2.14. The van der Waals surface area contributed by atoms with E-state index in [9.17, 15) is 13.6 Å². The van der Waals surface area contributed by atoms with Gasteiger partial charge in [-0.15, -0.1) is 0 Å². The van der Waals surface area contributed by atoms with Crippen molar-refractivity contribution in [2.75, 3.05) is 12.4 Å². The zero-order valence-electron chi connectivity index (χ0n) is 12.6. The van der Waals surface area contributed by atoms with E-state index in [1.807, 2.05) is 24.3 Å². The molecule has 4 nitrogen and oxygen atoms in total. The molecule has 7 heteroatoms. The number of anilines is 1. The summed E-state index contributed by atoms with van der Waals surface area (Å²) in [6.45, 7) is -2.98. The van der Waals surface area contributed by atoms with Gasteiger partial charge in [0.1, 0.15) is 0 Å². The molecule has 0 fully saturated rings. The Balaban J connectivity index is 2.06. The highest BCUT2D eigenvalue weighted by atomic mass is 79.9. The number of halogens is 3. The van der Waals surface area contributed by atoms with E-state index in [0.29, 0.717) is 5.69 Å². The standard InChI is InChI=1S/C17H14BrF2NO3/c1-23-14-8-7-13(10-15(14)24-17(19)20)21-16(22)9-4-11-2-5-12(18)6-3-11/h2-10,17H,1H3,(H,21,22). The summed E-state index contributed by atoms with van der Waals surface area (Å²) in [7, 11) is 1.34. The van der Waals surface area contributed by atoms with E-state index in [2.05, 4.69) is 26.0 Å². The van der Waals surface area contributed by atoms with Crippen LogP contribution in [-0.2, 0) is 4.79 Å². The van der Waals surface area contributed by atoms with Gasteiger partial charge in [0.15, 0.2) is 11.5 Å². The maximum absolute atomic E-state index is 12.4. The average Bonchev–Trinajstić information content (AvgIpc) is 2.54. The number of methoxy groups -OCH3 is 1. The van der Waals surface area contributed by atoms with Gasteiger partial charge in [0.2, 0.25) is 5.91 Å². The minimum atomic E-state index is -2.98. The molecule has 0 saturated heterocycles. The Hall–Kier alpha value is -2.41. The van der Waals surface area contributed by atoms with Gasteiger partial charge in [0.05, 0.1) is 7.11 Å². The Morgan fingerprint density at radius 1 is 1.17 bits per heavy atom. The molecule has 1 N–H and O–H groups in total. The first-order valence-electron chi connectivity index (χ1n) is 6.85. The molecule has 2 aromatic rings. The van der Waals surface area contributed by atoms with Crippen LogP contribution in [0.1, 0.15) is 5.56 Å². The molecule has 0 aliphatic rings. The summed E-state index contributed by atoms with van der Waals surface area (Å²) in [6, 6.07) is 11.6. The molecule has 0 atom stereocenters. The quantitative estimate of drug-likeness (QED) is 0.717. The van der Waals surface area contributed by atoms with Crippen LogP contribution < -0.4 is 14.8 Å². The Labute approximate surface area is 146 Å². The van der Waals surface area contributed by atoms with E-state index in [4.69, 9.17) is 4.74 Å². The molecule has 2 aromatic carbocycles. The van der Waals surface area contributed by atoms with Crippen molar-refractivity contribution in [1.82, 2.24) is 0 Å². The van der Waals surface area contributed by atoms with Crippen molar-refractivity contribution in [3.05, 3.63) is 58.6 Å². The molecule has 0 aliphatic heterocycles. The summed E-state index contributed by atoms with van der Waals surface area (Å²) < 4.78 is 35.0. The van der Waals surface area contributed by atoms with Crippen LogP contribution in [0.3, 0.4) is 0 Å². The summed E-state index contributed by atoms with van der Waals surface area (Å²) >= 11 is 3.33. The largest absolute Gasteiger partial charge is 0.493 e. The summed E-state index contributed by atoms with van der Waals surface area (Å²) in [4.78, 5) is 11.9. The van der Waals surface area contributed by atoms with Crippen molar-refractivity contribution in [1.29, 1.82) is 0 Å². The Bertz CT molecular complexity index is 733. The molecule has 0 aromatic heterocycles. The number of benzene rings is 2. The molecule has 0 heterocycles. The lowest BCUT2D eigenvalue weighted by atomic mass is 10.2. The number of rotatable bonds is 6. The second-order valence-corrected chi connectivity index (χ2v) is 5.53. The topological polar surface area (TPSA) is 47.6 Å². The number of hydrogen-bond acceptors (Lipinski definition) is 3. The molecular formula is C17H14BrF2NO3. The summed E-state index contributed by atoms with van der Waals surface area (Å²) in [6.07, 6.45) is 2.99. The van der Waals surface area contributed by atoms with E-state index in [-0.39, 0.29) is 11.5 Å². The number of ether oxygens (including phenoxy) is 2. The molecule has 2 rings (SSSR count). The van der Waals surface area contributed by atoms with Crippen LogP contribution in [0.5, 0.6) is 11.5 Å². The third kappa shape index (κ3) is 5.34. The van der Waals surface area contributed by atoms with Crippen molar-refractivity contribution in [2.45, 2.75) is 6.61 Å². The van der Waals surface area contributed by atoms with Gasteiger partial charge < -0.3 is 14.8 Å². The molecule has 0 bridgehead atoms. The van der Waals surface area contributed by atoms with Crippen LogP contribution in [0.25, 0.3) is 6.08 Å². The van der Waals surface area contributed by atoms with Gasteiger partial charge in [0.25, 0.3) is 0 Å². The molecule has 0 aliphatic carbocycles. The number of nitrogens with one attached hydrogen (secondary N) is 1. The predicted molar refractivity (Wildman–Crippen MR) is 91.4 cm³/mol. The molecular weight excluding hydrogens is 384 g/mol. The fourth-order valence-electron chi connectivity index (χ4n) is 1.87. The van der Waals surface area contributed by atoms with Gasteiger partial charge in [-0.05, 0) is 35.9 Å². The summed E-state index contributed by atoms with van der Waals surface area (Å²) in [5.41, 5.74) is 1.17. The van der Waals surface area contributed by atoms with E-state index in [1.54, 1.807) is 6.08 Å². The molecule has 0 saturated carbocycles. The van der Waals surface area contributed by atoms with Crippen LogP contribution in [0, 0.1) is 0 Å².